The molecule has 0 radical (unpaired) electrons. The number of hydrogen-bond donors (Lipinski definition) is 1. The van der Waals surface area contributed by atoms with Crippen molar-refractivity contribution in [1.29, 1.82) is 0 Å². The van der Waals surface area contributed by atoms with Crippen LogP contribution >= 0.6 is 27.5 Å². The average molecular weight is 357 g/mol. The highest BCUT2D eigenvalue weighted by atomic mass is 79.9. The molecule has 3 aromatic rings. The molecule has 0 bridgehead atoms. The number of aromatic nitrogens is 4. The molecule has 8 heteroatoms. The standard InChI is InChI=1S/C12H8BrClFN5/c13-8-6-20-10(9(8)15)11(18-12(14)19-20)17-5-7-1-3-16-4-2-7/h1-4,6H,5H2,(H,17,18,19). The molecule has 0 unspecified atom stereocenters. The van der Waals surface area contributed by atoms with Gasteiger partial charge in [-0.15, -0.1) is 5.10 Å². The Kier molecular flexibility index (Phi) is 3.54. The van der Waals surface area contributed by atoms with Crippen LogP contribution in [0, 0.1) is 5.82 Å². The van der Waals surface area contributed by atoms with Crippen molar-refractivity contribution in [2.24, 2.45) is 0 Å². The lowest BCUT2D eigenvalue weighted by Gasteiger charge is -2.07. The van der Waals surface area contributed by atoms with E-state index >= 15 is 0 Å². The lowest BCUT2D eigenvalue weighted by Crippen LogP contribution is -2.06. The monoisotopic (exact) mass is 355 g/mol. The van der Waals surface area contributed by atoms with Crippen LogP contribution in [0.1, 0.15) is 5.56 Å². The second-order valence-electron chi connectivity index (χ2n) is 4.02. The molecule has 0 fully saturated rings. The van der Waals surface area contributed by atoms with E-state index in [1.54, 1.807) is 12.4 Å². The third-order valence-corrected chi connectivity index (χ3v) is 3.42. The van der Waals surface area contributed by atoms with Gasteiger partial charge in [-0.2, -0.15) is 4.98 Å². The fourth-order valence-electron chi connectivity index (χ4n) is 1.80. The third kappa shape index (κ3) is 2.46. The second-order valence-corrected chi connectivity index (χ2v) is 5.22. The first-order valence-corrected chi connectivity index (χ1v) is 6.85. The van der Waals surface area contributed by atoms with E-state index in [0.29, 0.717) is 16.8 Å². The maximum absolute atomic E-state index is 14.0. The van der Waals surface area contributed by atoms with Crippen LogP contribution in [0.3, 0.4) is 0 Å². The molecule has 0 aliphatic rings. The Morgan fingerprint density at radius 2 is 2.10 bits per heavy atom. The molecule has 3 aromatic heterocycles. The Labute approximate surface area is 126 Å². The third-order valence-electron chi connectivity index (χ3n) is 2.71. The fraction of sp³-hybridized carbons (Fsp3) is 0.0833. The van der Waals surface area contributed by atoms with Crippen LogP contribution in [0.4, 0.5) is 10.2 Å². The Balaban J connectivity index is 1.98. The first-order chi connectivity index (χ1) is 9.65. The topological polar surface area (TPSA) is 55.1 Å². The molecule has 3 heterocycles. The normalized spacial score (nSPS) is 10.9. The first kappa shape index (κ1) is 13.3. The van der Waals surface area contributed by atoms with Crippen LogP contribution in [0.15, 0.2) is 35.2 Å². The summed E-state index contributed by atoms with van der Waals surface area (Å²) in [4.78, 5) is 7.97. The molecule has 0 aromatic carbocycles. The van der Waals surface area contributed by atoms with Crippen LogP contribution in [0.25, 0.3) is 5.52 Å². The lowest BCUT2D eigenvalue weighted by atomic mass is 10.3. The molecule has 0 aliphatic heterocycles. The number of hydrogen-bond acceptors (Lipinski definition) is 4. The van der Waals surface area contributed by atoms with Crippen molar-refractivity contribution >= 4 is 38.9 Å². The van der Waals surface area contributed by atoms with Gasteiger partial charge >= 0.3 is 0 Å². The van der Waals surface area contributed by atoms with Gasteiger partial charge in [-0.05, 0) is 45.2 Å². The van der Waals surface area contributed by atoms with Crippen LogP contribution in [0.5, 0.6) is 0 Å². The van der Waals surface area contributed by atoms with Crippen molar-refractivity contribution < 1.29 is 4.39 Å². The number of fused-ring (bicyclic) bond motifs is 1. The summed E-state index contributed by atoms with van der Waals surface area (Å²) in [6, 6.07) is 3.72. The van der Waals surface area contributed by atoms with E-state index < -0.39 is 5.82 Å². The predicted molar refractivity (Wildman–Crippen MR) is 77.2 cm³/mol. The van der Waals surface area contributed by atoms with Crippen molar-refractivity contribution in [3.63, 3.8) is 0 Å². The zero-order valence-corrected chi connectivity index (χ0v) is 12.4. The van der Waals surface area contributed by atoms with E-state index in [-0.39, 0.29) is 10.8 Å². The van der Waals surface area contributed by atoms with Gasteiger partial charge in [-0.25, -0.2) is 8.91 Å². The Morgan fingerprint density at radius 1 is 1.35 bits per heavy atom. The van der Waals surface area contributed by atoms with Gasteiger partial charge in [0.25, 0.3) is 0 Å². The van der Waals surface area contributed by atoms with Gasteiger partial charge in [0.2, 0.25) is 5.28 Å². The molecule has 0 spiro atoms. The van der Waals surface area contributed by atoms with Crippen molar-refractivity contribution in [2.45, 2.75) is 6.54 Å². The maximum Gasteiger partial charge on any atom is 0.243 e. The average Bonchev–Trinajstić information content (AvgIpc) is 2.72. The molecule has 1 N–H and O–H groups in total. The predicted octanol–water partition coefficient (Wildman–Crippen LogP) is 3.29. The quantitative estimate of drug-likeness (QED) is 0.782. The number of nitrogens with one attached hydrogen (secondary N) is 1. The zero-order chi connectivity index (χ0) is 14.1. The summed E-state index contributed by atoms with van der Waals surface area (Å²) in [5, 5.41) is 7.02. The van der Waals surface area contributed by atoms with E-state index in [1.165, 1.54) is 10.7 Å². The van der Waals surface area contributed by atoms with Gasteiger partial charge in [0.05, 0.1) is 4.47 Å². The van der Waals surface area contributed by atoms with E-state index in [1.807, 2.05) is 12.1 Å². The SMILES string of the molecule is Fc1c(Br)cn2nc(Cl)nc(NCc3ccncc3)c12. The summed E-state index contributed by atoms with van der Waals surface area (Å²) in [6.07, 6.45) is 4.87. The molecule has 0 aliphatic carbocycles. The smallest absolute Gasteiger partial charge is 0.243 e. The summed E-state index contributed by atoms with van der Waals surface area (Å²) < 4.78 is 15.7. The summed E-state index contributed by atoms with van der Waals surface area (Å²) in [7, 11) is 0. The summed E-state index contributed by atoms with van der Waals surface area (Å²) in [6.45, 7) is 0.480. The number of anilines is 1. The van der Waals surface area contributed by atoms with E-state index in [0.717, 1.165) is 5.56 Å². The lowest BCUT2D eigenvalue weighted by molar-refractivity contribution is 0.633. The van der Waals surface area contributed by atoms with Crippen LogP contribution in [0.2, 0.25) is 5.28 Å². The Bertz CT molecular complexity index is 761. The van der Waals surface area contributed by atoms with Gasteiger partial charge < -0.3 is 5.32 Å². The molecule has 0 saturated heterocycles. The highest BCUT2D eigenvalue weighted by molar-refractivity contribution is 9.10. The van der Waals surface area contributed by atoms with Crippen molar-refractivity contribution in [3.05, 3.63) is 51.9 Å². The van der Waals surface area contributed by atoms with Gasteiger partial charge in [0.15, 0.2) is 11.6 Å². The summed E-state index contributed by atoms with van der Waals surface area (Å²) in [5.41, 5.74) is 1.24. The molecule has 0 atom stereocenters. The molecule has 0 amide bonds. The molecular formula is C12H8BrClFN5. The Morgan fingerprint density at radius 3 is 2.85 bits per heavy atom. The van der Waals surface area contributed by atoms with Gasteiger partial charge in [-0.3, -0.25) is 4.98 Å². The van der Waals surface area contributed by atoms with E-state index in [2.05, 4.69) is 36.3 Å². The summed E-state index contributed by atoms with van der Waals surface area (Å²) in [5.74, 6) is -0.0936. The zero-order valence-electron chi connectivity index (χ0n) is 10.0. The minimum absolute atomic E-state index is 0.0391. The van der Waals surface area contributed by atoms with Gasteiger partial charge in [-0.1, -0.05) is 0 Å². The van der Waals surface area contributed by atoms with Gasteiger partial charge in [0, 0.05) is 25.1 Å². The fourth-order valence-corrected chi connectivity index (χ4v) is 2.35. The minimum atomic E-state index is -0.432. The summed E-state index contributed by atoms with van der Waals surface area (Å²) >= 11 is 8.96. The molecule has 20 heavy (non-hydrogen) atoms. The number of rotatable bonds is 3. The Hall–Kier alpha value is -1.73. The van der Waals surface area contributed by atoms with Crippen molar-refractivity contribution in [1.82, 2.24) is 19.6 Å². The number of halogens is 3. The van der Waals surface area contributed by atoms with Gasteiger partial charge in [0.1, 0.15) is 5.52 Å². The van der Waals surface area contributed by atoms with Crippen LogP contribution in [-0.2, 0) is 6.54 Å². The van der Waals surface area contributed by atoms with Crippen molar-refractivity contribution in [2.75, 3.05) is 5.32 Å². The molecule has 102 valence electrons. The van der Waals surface area contributed by atoms with Crippen molar-refractivity contribution in [3.8, 4) is 0 Å². The molecule has 0 saturated carbocycles. The molecular weight excluding hydrogens is 349 g/mol. The number of pyridine rings is 1. The van der Waals surface area contributed by atoms with Crippen LogP contribution in [-0.4, -0.2) is 19.6 Å². The van der Waals surface area contributed by atoms with Crippen LogP contribution < -0.4 is 5.32 Å². The molecule has 3 rings (SSSR count). The second kappa shape index (κ2) is 5.34. The van der Waals surface area contributed by atoms with E-state index in [9.17, 15) is 4.39 Å². The highest BCUT2D eigenvalue weighted by Crippen LogP contribution is 2.27. The highest BCUT2D eigenvalue weighted by Gasteiger charge is 2.15. The van der Waals surface area contributed by atoms with E-state index in [4.69, 9.17) is 11.6 Å². The first-order valence-electron chi connectivity index (χ1n) is 5.68. The largest absolute Gasteiger partial charge is 0.364 e. The maximum atomic E-state index is 14.0. The molecule has 5 nitrogen and oxygen atoms in total. The number of nitrogens with zero attached hydrogens (tertiary/aromatic N) is 4. The minimum Gasteiger partial charge on any atom is -0.364 e.